The summed E-state index contributed by atoms with van der Waals surface area (Å²) in [4.78, 5) is 12.6. The molecule has 7 nitrogen and oxygen atoms in total. The number of hydrogen-bond donors (Lipinski definition) is 1. The summed E-state index contributed by atoms with van der Waals surface area (Å²) in [7, 11) is 1.83. The summed E-state index contributed by atoms with van der Waals surface area (Å²) in [5.74, 6) is 0.468. The average molecular weight is 465 g/mol. The van der Waals surface area contributed by atoms with Gasteiger partial charge < -0.3 is 9.88 Å². The van der Waals surface area contributed by atoms with E-state index >= 15 is 0 Å². The molecule has 0 unspecified atom stereocenters. The van der Waals surface area contributed by atoms with Crippen LogP contribution in [0.4, 0.5) is 10.1 Å². The van der Waals surface area contributed by atoms with E-state index in [4.69, 9.17) is 0 Å². The third-order valence-electron chi connectivity index (χ3n) is 5.30. The number of para-hydroxylation sites is 1. The van der Waals surface area contributed by atoms with Crippen LogP contribution in [0.25, 0.3) is 22.6 Å². The third-order valence-corrected chi connectivity index (χ3v) is 6.27. The topological polar surface area (TPSA) is 77.6 Å². The second-order valence-electron chi connectivity index (χ2n) is 7.73. The van der Waals surface area contributed by atoms with Gasteiger partial charge in [0, 0.05) is 31.0 Å². The van der Waals surface area contributed by atoms with Crippen molar-refractivity contribution in [1.82, 2.24) is 24.5 Å². The van der Waals surface area contributed by atoms with E-state index < -0.39 is 0 Å². The molecule has 33 heavy (non-hydrogen) atoms. The minimum atomic E-state index is -0.300. The highest BCUT2D eigenvalue weighted by molar-refractivity contribution is 7.99. The van der Waals surface area contributed by atoms with Gasteiger partial charge in [-0.05, 0) is 56.2 Å². The predicted octanol–water partition coefficient (Wildman–Crippen LogP) is 4.85. The lowest BCUT2D eigenvalue weighted by atomic mass is 10.1. The van der Waals surface area contributed by atoms with Crippen LogP contribution in [0.3, 0.4) is 0 Å². The smallest absolute Gasteiger partial charge is 0.234 e. The van der Waals surface area contributed by atoms with Gasteiger partial charge in [0.05, 0.1) is 11.3 Å². The van der Waals surface area contributed by atoms with Gasteiger partial charge in [0.2, 0.25) is 5.91 Å². The molecule has 9 heteroatoms. The Morgan fingerprint density at radius 2 is 1.79 bits per heavy atom. The Kier molecular flexibility index (Phi) is 6.60. The quantitative estimate of drug-likeness (QED) is 0.396. The van der Waals surface area contributed by atoms with E-state index in [9.17, 15) is 9.18 Å². The van der Waals surface area contributed by atoms with Gasteiger partial charge in [0.1, 0.15) is 11.5 Å². The van der Waals surface area contributed by atoms with Crippen LogP contribution in [0.1, 0.15) is 18.1 Å². The van der Waals surface area contributed by atoms with E-state index in [1.807, 2.05) is 56.8 Å². The van der Waals surface area contributed by atoms with Crippen LogP contribution < -0.4 is 5.32 Å². The largest absolute Gasteiger partial charge is 0.325 e. The number of nitrogens with zero attached hydrogens (tertiary/aromatic N) is 5. The SMILES string of the molecule is CCn1c(SCC(=O)Nc2c(C)cccc2C)nnc1-c1cn(C)nc1-c1ccc(F)cc1. The summed E-state index contributed by atoms with van der Waals surface area (Å²) in [6.07, 6.45) is 1.87. The zero-order valence-electron chi connectivity index (χ0n) is 19.0. The van der Waals surface area contributed by atoms with Crippen molar-refractivity contribution in [1.29, 1.82) is 0 Å². The lowest BCUT2D eigenvalue weighted by Gasteiger charge is -2.11. The number of aromatic nitrogens is 5. The number of benzene rings is 2. The molecular formula is C24H25FN6OS. The molecule has 2 aromatic heterocycles. The van der Waals surface area contributed by atoms with Crippen LogP contribution in [-0.4, -0.2) is 36.2 Å². The van der Waals surface area contributed by atoms with E-state index in [2.05, 4.69) is 20.6 Å². The summed E-state index contributed by atoms with van der Waals surface area (Å²) in [5, 5.41) is 16.9. The first-order valence-corrected chi connectivity index (χ1v) is 11.6. The second-order valence-corrected chi connectivity index (χ2v) is 8.67. The molecule has 0 spiro atoms. The maximum atomic E-state index is 13.4. The molecule has 4 aromatic rings. The van der Waals surface area contributed by atoms with Crippen LogP contribution in [0, 0.1) is 19.7 Å². The Labute approximate surface area is 196 Å². The molecule has 0 radical (unpaired) electrons. The average Bonchev–Trinajstić information content (AvgIpc) is 3.38. The molecule has 0 bridgehead atoms. The number of thioether (sulfide) groups is 1. The lowest BCUT2D eigenvalue weighted by Crippen LogP contribution is -2.16. The summed E-state index contributed by atoms with van der Waals surface area (Å²) < 4.78 is 17.1. The van der Waals surface area contributed by atoms with Gasteiger partial charge in [-0.3, -0.25) is 9.48 Å². The zero-order valence-corrected chi connectivity index (χ0v) is 19.8. The van der Waals surface area contributed by atoms with Gasteiger partial charge in [-0.15, -0.1) is 10.2 Å². The number of rotatable bonds is 7. The summed E-state index contributed by atoms with van der Waals surface area (Å²) in [6.45, 7) is 6.58. The number of halogens is 1. The highest BCUT2D eigenvalue weighted by atomic mass is 32.2. The highest BCUT2D eigenvalue weighted by Crippen LogP contribution is 2.32. The van der Waals surface area contributed by atoms with Crippen molar-refractivity contribution in [3.63, 3.8) is 0 Å². The van der Waals surface area contributed by atoms with E-state index in [0.29, 0.717) is 23.2 Å². The van der Waals surface area contributed by atoms with Gasteiger partial charge in [-0.1, -0.05) is 30.0 Å². The first-order chi connectivity index (χ1) is 15.9. The van der Waals surface area contributed by atoms with Crippen molar-refractivity contribution >= 4 is 23.4 Å². The molecule has 0 aliphatic carbocycles. The fraction of sp³-hybridized carbons (Fsp3) is 0.250. The number of hydrogen-bond acceptors (Lipinski definition) is 5. The zero-order chi connectivity index (χ0) is 23.5. The normalized spacial score (nSPS) is 11.1. The molecule has 1 amide bonds. The number of aryl methyl sites for hydroxylation is 3. The fourth-order valence-electron chi connectivity index (χ4n) is 3.67. The Hall–Kier alpha value is -3.46. The number of anilines is 1. The molecule has 0 saturated heterocycles. The van der Waals surface area contributed by atoms with Crippen LogP contribution in [0.2, 0.25) is 0 Å². The molecule has 2 aromatic carbocycles. The first kappa shape index (κ1) is 22.7. The molecule has 0 aliphatic rings. The van der Waals surface area contributed by atoms with Gasteiger partial charge in [-0.25, -0.2) is 4.39 Å². The minimum Gasteiger partial charge on any atom is -0.325 e. The van der Waals surface area contributed by atoms with Crippen LogP contribution in [0.5, 0.6) is 0 Å². The molecule has 0 saturated carbocycles. The monoisotopic (exact) mass is 464 g/mol. The van der Waals surface area contributed by atoms with Gasteiger partial charge >= 0.3 is 0 Å². The Bertz CT molecular complexity index is 1270. The van der Waals surface area contributed by atoms with E-state index in [-0.39, 0.29) is 17.5 Å². The van der Waals surface area contributed by atoms with Crippen molar-refractivity contribution < 1.29 is 9.18 Å². The number of amides is 1. The van der Waals surface area contributed by atoms with Crippen molar-refractivity contribution in [2.75, 3.05) is 11.1 Å². The number of nitrogens with one attached hydrogen (secondary N) is 1. The molecule has 170 valence electrons. The highest BCUT2D eigenvalue weighted by Gasteiger charge is 2.20. The van der Waals surface area contributed by atoms with E-state index in [1.54, 1.807) is 16.8 Å². The third kappa shape index (κ3) is 4.83. The fourth-order valence-corrected chi connectivity index (χ4v) is 4.47. The first-order valence-electron chi connectivity index (χ1n) is 10.6. The molecule has 1 N–H and O–H groups in total. The maximum absolute atomic E-state index is 13.4. The molecule has 2 heterocycles. The number of carbonyl (C=O) groups is 1. The van der Waals surface area contributed by atoms with Crippen molar-refractivity contribution in [2.45, 2.75) is 32.5 Å². The summed E-state index contributed by atoms with van der Waals surface area (Å²) in [5.41, 5.74) is 5.18. The van der Waals surface area contributed by atoms with Gasteiger partial charge in [0.25, 0.3) is 0 Å². The molecule has 0 atom stereocenters. The molecular weight excluding hydrogens is 439 g/mol. The van der Waals surface area contributed by atoms with Crippen molar-refractivity contribution in [3.8, 4) is 22.6 Å². The van der Waals surface area contributed by atoms with E-state index in [0.717, 1.165) is 27.9 Å². The predicted molar refractivity (Wildman–Crippen MR) is 129 cm³/mol. The Morgan fingerprint density at radius 3 is 2.45 bits per heavy atom. The maximum Gasteiger partial charge on any atom is 0.234 e. The molecule has 0 fully saturated rings. The Balaban J connectivity index is 1.56. The standard InChI is InChI=1S/C24H25FN6OS/c1-5-31-23(19-13-30(4)29-22(19)17-9-11-18(25)12-10-17)27-28-24(31)33-14-20(32)26-21-15(2)7-6-8-16(21)3/h6-13H,5,14H2,1-4H3,(H,26,32). The Morgan fingerprint density at radius 1 is 1.09 bits per heavy atom. The van der Waals surface area contributed by atoms with Crippen molar-refractivity contribution in [3.05, 3.63) is 65.6 Å². The number of carbonyl (C=O) groups excluding carboxylic acids is 1. The second kappa shape index (κ2) is 9.58. The van der Waals surface area contributed by atoms with E-state index in [1.165, 1.54) is 23.9 Å². The van der Waals surface area contributed by atoms with Crippen molar-refractivity contribution in [2.24, 2.45) is 7.05 Å². The molecule has 4 rings (SSSR count). The van der Waals surface area contributed by atoms with Crippen LogP contribution in [0.15, 0.2) is 53.8 Å². The summed E-state index contributed by atoms with van der Waals surface area (Å²) in [6, 6.07) is 12.1. The lowest BCUT2D eigenvalue weighted by molar-refractivity contribution is -0.113. The van der Waals surface area contributed by atoms with Crippen LogP contribution >= 0.6 is 11.8 Å². The van der Waals surface area contributed by atoms with Gasteiger partial charge in [-0.2, -0.15) is 5.10 Å². The van der Waals surface area contributed by atoms with Crippen LogP contribution in [-0.2, 0) is 18.4 Å². The van der Waals surface area contributed by atoms with Gasteiger partial charge in [0.15, 0.2) is 11.0 Å². The minimum absolute atomic E-state index is 0.0991. The summed E-state index contributed by atoms with van der Waals surface area (Å²) >= 11 is 1.34. The molecule has 0 aliphatic heterocycles.